The van der Waals surface area contributed by atoms with Crippen molar-refractivity contribution in [3.63, 3.8) is 0 Å². The van der Waals surface area contributed by atoms with E-state index in [4.69, 9.17) is 5.73 Å². The molecular formula is C15H19NO. The summed E-state index contributed by atoms with van der Waals surface area (Å²) in [6.45, 7) is 0. The molecule has 0 amide bonds. The number of carbonyl (C=O) groups is 1. The van der Waals surface area contributed by atoms with Gasteiger partial charge in [0.05, 0.1) is 0 Å². The van der Waals surface area contributed by atoms with Crippen LogP contribution in [-0.2, 0) is 11.2 Å². The van der Waals surface area contributed by atoms with Gasteiger partial charge >= 0.3 is 0 Å². The molecule has 0 unspecified atom stereocenters. The Morgan fingerprint density at radius 1 is 1.24 bits per heavy atom. The third kappa shape index (κ3) is 3.45. The van der Waals surface area contributed by atoms with Crippen LogP contribution >= 0.6 is 0 Å². The molecule has 1 aliphatic rings. The van der Waals surface area contributed by atoms with Gasteiger partial charge in [0.1, 0.15) is 0 Å². The van der Waals surface area contributed by atoms with Crippen molar-refractivity contribution in [2.45, 2.75) is 38.5 Å². The van der Waals surface area contributed by atoms with Crippen molar-refractivity contribution < 1.29 is 4.79 Å². The third-order valence-corrected chi connectivity index (χ3v) is 3.21. The first-order valence-electron chi connectivity index (χ1n) is 6.32. The zero-order valence-electron chi connectivity index (χ0n) is 10.1. The van der Waals surface area contributed by atoms with E-state index in [1.54, 1.807) is 0 Å². The number of nitrogens with two attached hydrogens (primary N) is 1. The lowest BCUT2D eigenvalue weighted by Crippen LogP contribution is -2.06. The lowest BCUT2D eigenvalue weighted by molar-refractivity contribution is -0.115. The molecule has 1 aromatic rings. The normalized spacial score (nSPS) is 16.1. The number of hydrogen-bond acceptors (Lipinski definition) is 2. The van der Waals surface area contributed by atoms with E-state index in [-0.39, 0.29) is 5.78 Å². The summed E-state index contributed by atoms with van der Waals surface area (Å²) in [5.41, 5.74) is 8.47. The van der Waals surface area contributed by atoms with Crippen LogP contribution in [0.15, 0.2) is 35.9 Å². The molecule has 17 heavy (non-hydrogen) atoms. The van der Waals surface area contributed by atoms with Crippen LogP contribution in [0.2, 0.25) is 0 Å². The first-order chi connectivity index (χ1) is 8.25. The van der Waals surface area contributed by atoms with Gasteiger partial charge in [0.25, 0.3) is 0 Å². The predicted molar refractivity (Wildman–Crippen MR) is 70.7 cm³/mol. The quantitative estimate of drug-likeness (QED) is 0.808. The summed E-state index contributed by atoms with van der Waals surface area (Å²) in [6.07, 6.45) is 8.22. The molecule has 2 N–H and O–H groups in total. The van der Waals surface area contributed by atoms with E-state index < -0.39 is 0 Å². The Kier molecular flexibility index (Phi) is 3.97. The number of benzene rings is 1. The first-order valence-corrected chi connectivity index (χ1v) is 6.32. The molecule has 90 valence electrons. The Morgan fingerprint density at radius 2 is 2.12 bits per heavy atom. The SMILES string of the molecule is Nc1cccc(CC(=O)C2=CCCCCC2)c1. The zero-order chi connectivity index (χ0) is 12.1. The molecule has 0 aliphatic heterocycles. The maximum absolute atomic E-state index is 12.1. The number of nitrogen functional groups attached to an aromatic ring is 1. The number of carbonyl (C=O) groups excluding carboxylic acids is 1. The highest BCUT2D eigenvalue weighted by Crippen LogP contribution is 2.19. The fourth-order valence-corrected chi connectivity index (χ4v) is 2.27. The fourth-order valence-electron chi connectivity index (χ4n) is 2.27. The molecule has 2 heteroatoms. The highest BCUT2D eigenvalue weighted by atomic mass is 16.1. The van der Waals surface area contributed by atoms with Crippen molar-refractivity contribution in [2.75, 3.05) is 5.73 Å². The van der Waals surface area contributed by atoms with Crippen LogP contribution in [0.1, 0.15) is 37.7 Å². The predicted octanol–water partition coefficient (Wildman–Crippen LogP) is 3.27. The molecule has 0 saturated heterocycles. The second kappa shape index (κ2) is 5.67. The van der Waals surface area contributed by atoms with Crippen LogP contribution in [-0.4, -0.2) is 5.78 Å². The molecule has 0 saturated carbocycles. The Bertz CT molecular complexity index is 434. The van der Waals surface area contributed by atoms with Crippen LogP contribution in [0, 0.1) is 0 Å². The Morgan fingerprint density at radius 3 is 2.94 bits per heavy atom. The number of ketones is 1. The van der Waals surface area contributed by atoms with Gasteiger partial charge in [0, 0.05) is 12.1 Å². The van der Waals surface area contributed by atoms with E-state index in [9.17, 15) is 4.79 Å². The van der Waals surface area contributed by atoms with Crippen LogP contribution in [0.25, 0.3) is 0 Å². The fraction of sp³-hybridized carbons (Fsp3) is 0.400. The van der Waals surface area contributed by atoms with Gasteiger partial charge in [-0.05, 0) is 49.0 Å². The minimum absolute atomic E-state index is 0.262. The molecular weight excluding hydrogens is 210 g/mol. The Labute approximate surface area is 103 Å². The minimum Gasteiger partial charge on any atom is -0.399 e. The molecule has 0 aromatic heterocycles. The molecule has 2 rings (SSSR count). The van der Waals surface area contributed by atoms with Crippen LogP contribution < -0.4 is 5.73 Å². The van der Waals surface area contributed by atoms with Crippen LogP contribution in [0.4, 0.5) is 5.69 Å². The van der Waals surface area contributed by atoms with Gasteiger partial charge in [-0.1, -0.05) is 24.6 Å². The Hall–Kier alpha value is -1.57. The van der Waals surface area contributed by atoms with Crippen molar-refractivity contribution in [3.05, 3.63) is 41.5 Å². The minimum atomic E-state index is 0.262. The number of allylic oxidation sites excluding steroid dienone is 2. The van der Waals surface area contributed by atoms with E-state index in [1.807, 2.05) is 24.3 Å². The summed E-state index contributed by atoms with van der Waals surface area (Å²) in [5, 5.41) is 0. The van der Waals surface area contributed by atoms with E-state index >= 15 is 0 Å². The summed E-state index contributed by atoms with van der Waals surface area (Å²) in [4.78, 5) is 12.1. The van der Waals surface area contributed by atoms with Crippen molar-refractivity contribution in [3.8, 4) is 0 Å². The smallest absolute Gasteiger partial charge is 0.162 e. The molecule has 0 fully saturated rings. The van der Waals surface area contributed by atoms with Gasteiger partial charge < -0.3 is 5.73 Å². The molecule has 0 radical (unpaired) electrons. The monoisotopic (exact) mass is 229 g/mol. The Balaban J connectivity index is 2.03. The number of anilines is 1. The second-order valence-corrected chi connectivity index (χ2v) is 4.67. The van der Waals surface area contributed by atoms with Gasteiger partial charge in [-0.15, -0.1) is 0 Å². The zero-order valence-corrected chi connectivity index (χ0v) is 10.1. The van der Waals surface area contributed by atoms with Crippen molar-refractivity contribution in [1.29, 1.82) is 0 Å². The maximum atomic E-state index is 12.1. The second-order valence-electron chi connectivity index (χ2n) is 4.67. The van der Waals surface area contributed by atoms with E-state index in [1.165, 1.54) is 12.8 Å². The standard InChI is InChI=1S/C15H19NO/c16-14-9-5-6-12(10-14)11-15(17)13-7-3-1-2-4-8-13/h5-7,9-10H,1-4,8,11,16H2. The molecule has 0 spiro atoms. The first kappa shape index (κ1) is 11.9. The largest absolute Gasteiger partial charge is 0.399 e. The van der Waals surface area contributed by atoms with Crippen molar-refractivity contribution >= 4 is 11.5 Å². The highest BCUT2D eigenvalue weighted by Gasteiger charge is 2.12. The maximum Gasteiger partial charge on any atom is 0.162 e. The van der Waals surface area contributed by atoms with Gasteiger partial charge in [-0.3, -0.25) is 4.79 Å². The summed E-state index contributed by atoms with van der Waals surface area (Å²) in [5.74, 6) is 0.262. The summed E-state index contributed by atoms with van der Waals surface area (Å²) in [7, 11) is 0. The van der Waals surface area contributed by atoms with E-state index in [2.05, 4.69) is 6.08 Å². The topological polar surface area (TPSA) is 43.1 Å². The summed E-state index contributed by atoms with van der Waals surface area (Å²) < 4.78 is 0. The number of rotatable bonds is 3. The van der Waals surface area contributed by atoms with Crippen LogP contribution in [0.5, 0.6) is 0 Å². The van der Waals surface area contributed by atoms with Gasteiger partial charge in [-0.25, -0.2) is 0 Å². The van der Waals surface area contributed by atoms with Crippen molar-refractivity contribution in [2.24, 2.45) is 0 Å². The highest BCUT2D eigenvalue weighted by molar-refractivity contribution is 5.96. The lowest BCUT2D eigenvalue weighted by atomic mass is 9.99. The van der Waals surface area contributed by atoms with Crippen molar-refractivity contribution in [1.82, 2.24) is 0 Å². The number of hydrogen-bond donors (Lipinski definition) is 1. The molecule has 1 aromatic carbocycles. The van der Waals surface area contributed by atoms with Gasteiger partial charge in [0.15, 0.2) is 5.78 Å². The third-order valence-electron chi connectivity index (χ3n) is 3.21. The summed E-state index contributed by atoms with van der Waals surface area (Å²) in [6, 6.07) is 7.60. The summed E-state index contributed by atoms with van der Waals surface area (Å²) >= 11 is 0. The molecule has 0 bridgehead atoms. The van der Waals surface area contributed by atoms with Crippen LogP contribution in [0.3, 0.4) is 0 Å². The number of Topliss-reactive ketones (excluding diaryl/α,β-unsaturated/α-hetero) is 1. The molecule has 0 atom stereocenters. The molecule has 2 nitrogen and oxygen atoms in total. The van der Waals surface area contributed by atoms with Gasteiger partial charge in [0.2, 0.25) is 0 Å². The van der Waals surface area contributed by atoms with Gasteiger partial charge in [-0.2, -0.15) is 0 Å². The van der Waals surface area contributed by atoms with E-state index in [0.29, 0.717) is 6.42 Å². The molecule has 1 aliphatic carbocycles. The lowest BCUT2D eigenvalue weighted by Gasteiger charge is -2.05. The van der Waals surface area contributed by atoms with E-state index in [0.717, 1.165) is 36.1 Å². The average Bonchev–Trinajstić information content (AvgIpc) is 2.57. The average molecular weight is 229 g/mol. The molecule has 0 heterocycles.